The second-order valence-corrected chi connectivity index (χ2v) is 3.24. The smallest absolute Gasteiger partial charge is 0.322 e. The number of hydrogen-bond acceptors (Lipinski definition) is 6. The molecular weight excluding hydrogens is 192 g/mol. The van der Waals surface area contributed by atoms with Crippen molar-refractivity contribution < 1.29 is 29.0 Å². The average Bonchev–Trinajstić information content (AvgIpc) is 2.31. The van der Waals surface area contributed by atoms with Gasteiger partial charge < -0.3 is 19.4 Å². The maximum atomic E-state index is 11.1. The number of aromatic hydroxyl groups is 2. The van der Waals surface area contributed by atoms with Crippen molar-refractivity contribution in [2.24, 2.45) is 0 Å². The molecule has 2 heterocycles. The van der Waals surface area contributed by atoms with Crippen molar-refractivity contribution in [1.82, 2.24) is 0 Å². The van der Waals surface area contributed by atoms with Gasteiger partial charge in [0.05, 0.1) is 11.1 Å². The van der Waals surface area contributed by atoms with Gasteiger partial charge in [0, 0.05) is 0 Å². The number of carbonyl (C=O) groups excluding carboxylic acids is 2. The monoisotopic (exact) mass is 196 g/mol. The number of rotatable bonds is 0. The minimum Gasteiger partial charge on any atom is -0.480 e. The Kier molecular flexibility index (Phi) is 1.02. The van der Waals surface area contributed by atoms with Gasteiger partial charge in [0.1, 0.15) is 11.8 Å². The van der Waals surface area contributed by atoms with Crippen molar-refractivity contribution >= 4 is 11.9 Å². The van der Waals surface area contributed by atoms with Crippen molar-refractivity contribution in [1.29, 1.82) is 0 Å². The molecule has 72 valence electrons. The molecule has 1 fully saturated rings. The summed E-state index contributed by atoms with van der Waals surface area (Å²) in [4.78, 5) is 22.2. The van der Waals surface area contributed by atoms with Crippen LogP contribution in [0.25, 0.3) is 0 Å². The summed E-state index contributed by atoms with van der Waals surface area (Å²) in [5.74, 6) is -4.06. The van der Waals surface area contributed by atoms with Crippen LogP contribution in [0.5, 0.6) is 11.9 Å². The van der Waals surface area contributed by atoms with Crippen LogP contribution in [0.15, 0.2) is 4.42 Å². The summed E-state index contributed by atoms with van der Waals surface area (Å²) in [5.41, 5.74) is 0.340. The van der Waals surface area contributed by atoms with Gasteiger partial charge >= 0.3 is 11.9 Å². The van der Waals surface area contributed by atoms with E-state index in [1.807, 2.05) is 0 Å². The lowest BCUT2D eigenvalue weighted by Crippen LogP contribution is -2.24. The number of furan rings is 1. The summed E-state index contributed by atoms with van der Waals surface area (Å²) in [6.45, 7) is 0. The highest BCUT2D eigenvalue weighted by atomic mass is 16.6. The third kappa shape index (κ3) is 0.564. The van der Waals surface area contributed by atoms with E-state index in [0.717, 1.165) is 0 Å². The van der Waals surface area contributed by atoms with Gasteiger partial charge in [0.2, 0.25) is 0 Å². The molecule has 0 spiro atoms. The van der Waals surface area contributed by atoms with E-state index in [1.165, 1.54) is 0 Å². The van der Waals surface area contributed by atoms with Gasteiger partial charge in [0.25, 0.3) is 11.9 Å². The highest BCUT2D eigenvalue weighted by molar-refractivity contribution is 6.07. The molecule has 2 unspecified atom stereocenters. The van der Waals surface area contributed by atoms with E-state index < -0.39 is 35.7 Å². The molecular formula is C8H4O6. The predicted octanol–water partition coefficient (Wildman–Crippen LogP) is -0.0450. The standard InChI is InChI=1S/C8H4O6/c9-5-1-2(6(10)13-5)4-3(1)7(11)14-8(4)12/h1-2,11-12H. The van der Waals surface area contributed by atoms with Gasteiger partial charge in [-0.25, -0.2) is 0 Å². The number of hydrogen-bond donors (Lipinski definition) is 2. The summed E-state index contributed by atoms with van der Waals surface area (Å²) >= 11 is 0. The zero-order valence-electron chi connectivity index (χ0n) is 6.68. The van der Waals surface area contributed by atoms with Crippen LogP contribution in [-0.4, -0.2) is 22.2 Å². The molecule has 1 aromatic rings. The number of ether oxygens (including phenoxy) is 1. The van der Waals surface area contributed by atoms with Crippen molar-refractivity contribution in [3.8, 4) is 11.9 Å². The maximum absolute atomic E-state index is 11.1. The van der Waals surface area contributed by atoms with Crippen molar-refractivity contribution in [2.75, 3.05) is 0 Å². The Morgan fingerprint density at radius 3 is 1.79 bits per heavy atom. The van der Waals surface area contributed by atoms with Gasteiger partial charge in [-0.1, -0.05) is 0 Å². The largest absolute Gasteiger partial charge is 0.480 e. The van der Waals surface area contributed by atoms with Gasteiger partial charge in [-0.15, -0.1) is 0 Å². The topological polar surface area (TPSA) is 97.0 Å². The zero-order valence-corrected chi connectivity index (χ0v) is 6.68. The molecule has 1 aliphatic heterocycles. The second-order valence-electron chi connectivity index (χ2n) is 3.24. The van der Waals surface area contributed by atoms with Crippen molar-refractivity contribution in [3.63, 3.8) is 0 Å². The van der Waals surface area contributed by atoms with Crippen LogP contribution >= 0.6 is 0 Å². The number of fused-ring (bicyclic) bond motifs is 4. The first-order valence-corrected chi connectivity index (χ1v) is 3.91. The van der Waals surface area contributed by atoms with Crippen molar-refractivity contribution in [3.05, 3.63) is 11.1 Å². The molecule has 0 amide bonds. The first-order chi connectivity index (χ1) is 6.61. The fourth-order valence-corrected chi connectivity index (χ4v) is 2.00. The average molecular weight is 196 g/mol. The lowest BCUT2D eigenvalue weighted by atomic mass is 9.71. The molecule has 3 rings (SSSR count). The van der Waals surface area contributed by atoms with E-state index in [4.69, 9.17) is 0 Å². The van der Waals surface area contributed by atoms with Crippen LogP contribution in [0.1, 0.15) is 23.0 Å². The molecule has 1 aliphatic carbocycles. The maximum Gasteiger partial charge on any atom is 0.322 e. The zero-order chi connectivity index (χ0) is 10.0. The number of carbonyl (C=O) groups is 2. The van der Waals surface area contributed by atoms with E-state index in [9.17, 15) is 19.8 Å². The van der Waals surface area contributed by atoms with Crippen LogP contribution in [0.4, 0.5) is 0 Å². The Bertz CT molecular complexity index is 430. The normalized spacial score (nSPS) is 28.0. The first kappa shape index (κ1) is 7.43. The Hall–Kier alpha value is -1.98. The van der Waals surface area contributed by atoms with Gasteiger partial charge in [0.15, 0.2) is 0 Å². The predicted molar refractivity (Wildman–Crippen MR) is 38.6 cm³/mol. The minimum absolute atomic E-state index is 0.170. The van der Waals surface area contributed by atoms with Crippen LogP contribution < -0.4 is 0 Å². The minimum atomic E-state index is -0.804. The molecule has 2 aliphatic rings. The highest BCUT2D eigenvalue weighted by Gasteiger charge is 2.60. The first-order valence-electron chi connectivity index (χ1n) is 3.91. The molecule has 1 saturated heterocycles. The molecule has 0 radical (unpaired) electrons. The lowest BCUT2D eigenvalue weighted by Gasteiger charge is -2.22. The van der Waals surface area contributed by atoms with Crippen LogP contribution in [0, 0.1) is 0 Å². The summed E-state index contributed by atoms with van der Waals surface area (Å²) in [6.07, 6.45) is 0. The molecule has 1 aromatic heterocycles. The SMILES string of the molecule is O=C1OC(=O)C2c3c(O)oc(O)c3C12. The second kappa shape index (κ2) is 1.92. The summed E-state index contributed by atoms with van der Waals surface area (Å²) < 4.78 is 8.85. The molecule has 14 heavy (non-hydrogen) atoms. The Morgan fingerprint density at radius 1 is 0.929 bits per heavy atom. The van der Waals surface area contributed by atoms with Gasteiger partial charge in [-0.05, 0) is 0 Å². The fourth-order valence-electron chi connectivity index (χ4n) is 2.00. The summed E-state index contributed by atoms with van der Waals surface area (Å²) in [6, 6.07) is 0. The Labute approximate surface area is 76.7 Å². The van der Waals surface area contributed by atoms with E-state index in [-0.39, 0.29) is 11.1 Å². The molecule has 2 atom stereocenters. The third-order valence-electron chi connectivity index (χ3n) is 2.61. The molecule has 0 aromatic carbocycles. The number of esters is 2. The number of cyclic esters (lactones) is 2. The highest BCUT2D eigenvalue weighted by Crippen LogP contribution is 2.59. The van der Waals surface area contributed by atoms with E-state index in [2.05, 4.69) is 9.15 Å². The van der Waals surface area contributed by atoms with E-state index in [0.29, 0.717) is 0 Å². The fraction of sp³-hybridized carbons (Fsp3) is 0.250. The summed E-state index contributed by atoms with van der Waals surface area (Å²) in [5, 5.41) is 18.4. The molecule has 2 N–H and O–H groups in total. The third-order valence-corrected chi connectivity index (χ3v) is 2.61. The van der Waals surface area contributed by atoms with E-state index >= 15 is 0 Å². The van der Waals surface area contributed by atoms with Crippen LogP contribution in [-0.2, 0) is 14.3 Å². The van der Waals surface area contributed by atoms with Crippen LogP contribution in [0.3, 0.4) is 0 Å². The molecule has 0 bridgehead atoms. The van der Waals surface area contributed by atoms with Gasteiger partial charge in [-0.3, -0.25) is 9.59 Å². The van der Waals surface area contributed by atoms with Gasteiger partial charge in [-0.2, -0.15) is 0 Å². The Balaban J connectivity index is 2.24. The summed E-state index contributed by atoms with van der Waals surface area (Å²) in [7, 11) is 0. The Morgan fingerprint density at radius 2 is 1.36 bits per heavy atom. The molecule has 6 nitrogen and oxygen atoms in total. The lowest BCUT2D eigenvalue weighted by molar-refractivity contribution is -0.152. The van der Waals surface area contributed by atoms with Crippen molar-refractivity contribution in [2.45, 2.75) is 11.8 Å². The van der Waals surface area contributed by atoms with Crippen LogP contribution in [0.2, 0.25) is 0 Å². The van der Waals surface area contributed by atoms with E-state index in [1.54, 1.807) is 0 Å². The molecule has 0 saturated carbocycles. The quantitative estimate of drug-likeness (QED) is 0.446. The molecule has 6 heteroatoms.